The maximum absolute atomic E-state index is 7.25. The van der Waals surface area contributed by atoms with Crippen molar-refractivity contribution >= 4 is 43.2 Å². The van der Waals surface area contributed by atoms with Crippen molar-refractivity contribution < 1.29 is 17.7 Å². The topological polar surface area (TPSA) is 9.23 Å². The fourth-order valence-corrected chi connectivity index (χ4v) is 13.7. The summed E-state index contributed by atoms with van der Waals surface area (Å²) >= 11 is -3.61. The van der Waals surface area contributed by atoms with Gasteiger partial charge in [0, 0.05) is 0 Å². The molecule has 0 saturated carbocycles. The molecule has 1 aliphatic carbocycles. The van der Waals surface area contributed by atoms with Crippen molar-refractivity contribution in [1.82, 2.24) is 0 Å². The van der Waals surface area contributed by atoms with Crippen LogP contribution in [0.4, 0.5) is 0 Å². The van der Waals surface area contributed by atoms with Gasteiger partial charge in [0.05, 0.1) is 0 Å². The smallest absolute Gasteiger partial charge is 0.147 e. The van der Waals surface area contributed by atoms with Crippen molar-refractivity contribution in [3.05, 3.63) is 101 Å². The fourth-order valence-electron chi connectivity index (χ4n) is 5.84. The SMILES string of the molecule is CC(C)(C)c1ccc2c(c1)[CH]([Ti]([CH3])([CH3])(=[SiH2])[O]c1ccc3ccccc3c1)c1cc(C(C)(C)C)ccc1-2.Cl.Cl. The van der Waals surface area contributed by atoms with Crippen LogP contribution in [0, 0.1) is 0 Å². The van der Waals surface area contributed by atoms with Crippen LogP contribution < -0.4 is 3.32 Å². The maximum atomic E-state index is 7.25. The van der Waals surface area contributed by atoms with Crippen LogP contribution >= 0.6 is 24.8 Å². The van der Waals surface area contributed by atoms with E-state index < -0.39 is 14.4 Å². The first-order valence-corrected chi connectivity index (χ1v) is 21.9. The monoisotopic (exact) mass is 600 g/mol. The third-order valence-electron chi connectivity index (χ3n) is 7.82. The van der Waals surface area contributed by atoms with Gasteiger partial charge in [0.25, 0.3) is 0 Å². The van der Waals surface area contributed by atoms with E-state index in [-0.39, 0.29) is 35.6 Å². The zero-order valence-corrected chi connectivity index (χ0v) is 28.6. The molecule has 0 unspecified atom stereocenters. The Morgan fingerprint density at radius 2 is 1.11 bits per heavy atom. The number of rotatable bonds is 3. The summed E-state index contributed by atoms with van der Waals surface area (Å²) in [5, 5.41) is 7.44. The Hall–Kier alpha value is -1.55. The molecule has 5 rings (SSSR count). The molecule has 0 spiro atoms. The molecule has 38 heavy (non-hydrogen) atoms. The third kappa shape index (κ3) is 5.67. The minimum Gasteiger partial charge on any atom is -0.147 e. The molecule has 5 heteroatoms. The van der Waals surface area contributed by atoms with E-state index in [1.165, 1.54) is 44.2 Å². The Morgan fingerprint density at radius 3 is 1.58 bits per heavy atom. The van der Waals surface area contributed by atoms with Crippen LogP contribution in [0.2, 0.25) is 10.5 Å². The van der Waals surface area contributed by atoms with Crippen LogP contribution in [0.15, 0.2) is 78.9 Å². The quantitative estimate of drug-likeness (QED) is 0.213. The summed E-state index contributed by atoms with van der Waals surface area (Å²) in [6.45, 7) is 13.9. The molecule has 0 radical (unpaired) electrons. The van der Waals surface area contributed by atoms with Crippen LogP contribution in [0.3, 0.4) is 0 Å². The Labute approximate surface area is 244 Å². The summed E-state index contributed by atoms with van der Waals surface area (Å²) in [5.74, 6) is 1.000. The van der Waals surface area contributed by atoms with Crippen LogP contribution in [0.5, 0.6) is 5.75 Å². The first-order chi connectivity index (χ1) is 16.6. The molecule has 1 aliphatic rings. The van der Waals surface area contributed by atoms with Gasteiger partial charge in [-0.3, -0.25) is 0 Å². The molecule has 0 aromatic heterocycles. The molecular weight excluding hydrogens is 559 g/mol. The summed E-state index contributed by atoms with van der Waals surface area (Å²) in [6, 6.07) is 29.5. The number of hydrogen-bond acceptors (Lipinski definition) is 1. The van der Waals surface area contributed by atoms with Crippen molar-refractivity contribution in [3.63, 3.8) is 0 Å². The van der Waals surface area contributed by atoms with Crippen molar-refractivity contribution in [2.24, 2.45) is 0 Å². The van der Waals surface area contributed by atoms with Crippen LogP contribution in [-0.4, -0.2) is 7.63 Å². The third-order valence-corrected chi connectivity index (χ3v) is 15.3. The van der Waals surface area contributed by atoms with E-state index in [2.05, 4.69) is 138 Å². The minimum absolute atomic E-state index is 0. The Balaban J connectivity index is 0.00000200. The van der Waals surface area contributed by atoms with Gasteiger partial charge >= 0.3 is 221 Å². The largest absolute Gasteiger partial charge is 0.147 e. The predicted octanol–water partition coefficient (Wildman–Crippen LogP) is 9.68. The zero-order chi connectivity index (χ0) is 26.1. The summed E-state index contributed by atoms with van der Waals surface area (Å²) in [7, 11) is 2.18. The average molecular weight is 602 g/mol. The van der Waals surface area contributed by atoms with E-state index in [9.17, 15) is 0 Å². The standard InChI is InChI=1S/C21H25.C10H8O.2CH3.2ClH.H2Si.Ti/c1-20(2,3)16-7-9-18-14(12-16)11-15-13-17(21(4,5)6)8-10-19(15)18;11-10-6-5-8-3-1-2-4-9(8)7-10;;;;;;/h7-13H,1-6H3;1-7,11H;2*1H3;2*1H;1H2;/q;;;;;;;+1/p-1. The van der Waals surface area contributed by atoms with Crippen molar-refractivity contribution in [1.29, 1.82) is 0 Å². The van der Waals surface area contributed by atoms with Gasteiger partial charge in [-0.2, -0.15) is 0 Å². The Morgan fingerprint density at radius 1 is 0.632 bits per heavy atom. The molecule has 0 amide bonds. The van der Waals surface area contributed by atoms with Crippen LogP contribution in [-0.2, 0) is 25.3 Å². The Kier molecular flexibility index (Phi) is 8.26. The number of fused-ring (bicyclic) bond motifs is 4. The second kappa shape index (κ2) is 10.1. The molecule has 1 nitrogen and oxygen atoms in total. The molecular formula is C33H42Cl2OSiTi. The summed E-state index contributed by atoms with van der Waals surface area (Å²) < 4.78 is 7.54. The molecule has 0 fully saturated rings. The molecule has 202 valence electrons. The molecule has 0 atom stereocenters. The van der Waals surface area contributed by atoms with Gasteiger partial charge in [-0.1, -0.05) is 0 Å². The van der Waals surface area contributed by atoms with Crippen molar-refractivity contribution in [2.45, 2.75) is 67.1 Å². The molecule has 0 heterocycles. The molecule has 0 saturated heterocycles. The van der Waals surface area contributed by atoms with E-state index >= 15 is 0 Å². The van der Waals surface area contributed by atoms with Gasteiger partial charge in [-0.05, 0) is 0 Å². The summed E-state index contributed by atoms with van der Waals surface area (Å²) in [6.07, 6.45) is 0. The second-order valence-corrected chi connectivity index (χ2v) is 32.0. The first-order valence-electron chi connectivity index (χ1n) is 13.2. The summed E-state index contributed by atoms with van der Waals surface area (Å²) in [4.78, 5) is 0. The Bertz CT molecular complexity index is 1510. The molecule has 0 N–H and O–H groups in total. The number of benzene rings is 4. The maximum Gasteiger partial charge on any atom is -0.147 e. The van der Waals surface area contributed by atoms with Crippen molar-refractivity contribution in [2.75, 3.05) is 0 Å². The van der Waals surface area contributed by atoms with E-state index in [1.54, 1.807) is 0 Å². The van der Waals surface area contributed by atoms with E-state index in [0.29, 0.717) is 4.22 Å². The van der Waals surface area contributed by atoms with Gasteiger partial charge < -0.3 is 0 Å². The molecule has 0 aliphatic heterocycles. The normalized spacial score (nSPS) is 13.8. The zero-order valence-electron chi connectivity index (χ0n) is 24.0. The molecule has 4 aromatic carbocycles. The van der Waals surface area contributed by atoms with Gasteiger partial charge in [-0.25, -0.2) is 0 Å². The minimum atomic E-state index is -3.61. The van der Waals surface area contributed by atoms with Crippen LogP contribution in [0.25, 0.3) is 21.9 Å². The van der Waals surface area contributed by atoms with Crippen LogP contribution in [0.1, 0.15) is 68.0 Å². The van der Waals surface area contributed by atoms with Gasteiger partial charge in [0.15, 0.2) is 0 Å². The molecule has 4 aromatic rings. The second-order valence-electron chi connectivity index (χ2n) is 13.8. The van der Waals surface area contributed by atoms with E-state index in [1.807, 2.05) is 0 Å². The first kappa shape index (κ1) is 31.0. The van der Waals surface area contributed by atoms with Gasteiger partial charge in [0.2, 0.25) is 0 Å². The molecule has 0 bridgehead atoms. The van der Waals surface area contributed by atoms with E-state index in [0.717, 1.165) is 5.75 Å². The fraction of sp³-hybridized carbons (Fsp3) is 0.333. The average Bonchev–Trinajstić information content (AvgIpc) is 3.11. The summed E-state index contributed by atoms with van der Waals surface area (Å²) in [5.41, 5.74) is 8.68. The number of hydrogen-bond donors (Lipinski definition) is 0. The van der Waals surface area contributed by atoms with Gasteiger partial charge in [-0.15, -0.1) is 24.8 Å². The van der Waals surface area contributed by atoms with Crippen molar-refractivity contribution in [3.8, 4) is 16.9 Å². The predicted molar refractivity (Wildman–Crippen MR) is 170 cm³/mol. The van der Waals surface area contributed by atoms with E-state index in [4.69, 9.17) is 3.32 Å². The van der Waals surface area contributed by atoms with Gasteiger partial charge in [0.1, 0.15) is 0 Å². The number of halogens is 2.